The van der Waals surface area contributed by atoms with E-state index in [1.54, 1.807) is 0 Å². The van der Waals surface area contributed by atoms with Crippen molar-refractivity contribution in [3.05, 3.63) is 0 Å². The molecule has 1 saturated carbocycles. The van der Waals surface area contributed by atoms with Crippen molar-refractivity contribution in [3.8, 4) is 0 Å². The SMILES string of the molecule is CCOC(CC)CC1(C(=O)O)CCCC1. The predicted octanol–water partition coefficient (Wildman–Crippen LogP) is 2.84. The van der Waals surface area contributed by atoms with Gasteiger partial charge >= 0.3 is 5.97 Å². The van der Waals surface area contributed by atoms with Crippen molar-refractivity contribution in [2.45, 2.75) is 58.5 Å². The topological polar surface area (TPSA) is 46.5 Å². The molecule has 3 nitrogen and oxygen atoms in total. The fourth-order valence-corrected chi connectivity index (χ4v) is 2.55. The van der Waals surface area contributed by atoms with Crippen LogP contribution in [0.5, 0.6) is 0 Å². The Hall–Kier alpha value is -0.570. The summed E-state index contributed by atoms with van der Waals surface area (Å²) in [5.41, 5.74) is -0.490. The lowest BCUT2D eigenvalue weighted by atomic mass is 9.80. The molecule has 15 heavy (non-hydrogen) atoms. The zero-order valence-electron chi connectivity index (χ0n) is 9.79. The van der Waals surface area contributed by atoms with E-state index in [1.165, 1.54) is 0 Å². The summed E-state index contributed by atoms with van der Waals surface area (Å²) in [4.78, 5) is 11.3. The summed E-state index contributed by atoms with van der Waals surface area (Å²) in [7, 11) is 0. The van der Waals surface area contributed by atoms with Gasteiger partial charge in [0.2, 0.25) is 0 Å². The van der Waals surface area contributed by atoms with E-state index in [2.05, 4.69) is 6.92 Å². The molecular weight excluding hydrogens is 192 g/mol. The molecule has 0 aromatic rings. The third kappa shape index (κ3) is 2.94. The molecular formula is C12H22O3. The first-order valence-corrected chi connectivity index (χ1v) is 5.99. The first-order valence-electron chi connectivity index (χ1n) is 5.99. The van der Waals surface area contributed by atoms with Crippen LogP contribution in [0.15, 0.2) is 0 Å². The highest BCUT2D eigenvalue weighted by Gasteiger charge is 2.42. The van der Waals surface area contributed by atoms with Gasteiger partial charge in [0, 0.05) is 6.61 Å². The van der Waals surface area contributed by atoms with Crippen LogP contribution in [0.2, 0.25) is 0 Å². The summed E-state index contributed by atoms with van der Waals surface area (Å²) >= 11 is 0. The first-order chi connectivity index (χ1) is 7.14. The Morgan fingerprint density at radius 1 is 1.40 bits per heavy atom. The number of ether oxygens (including phenoxy) is 1. The number of carboxylic acids is 1. The van der Waals surface area contributed by atoms with Gasteiger partial charge in [0.05, 0.1) is 11.5 Å². The lowest BCUT2D eigenvalue weighted by Crippen LogP contribution is -2.33. The molecule has 1 aliphatic carbocycles. The van der Waals surface area contributed by atoms with Gasteiger partial charge in [0.25, 0.3) is 0 Å². The van der Waals surface area contributed by atoms with Crippen LogP contribution < -0.4 is 0 Å². The number of hydrogen-bond donors (Lipinski definition) is 1. The van der Waals surface area contributed by atoms with Crippen LogP contribution in [-0.4, -0.2) is 23.8 Å². The first kappa shape index (κ1) is 12.5. The fraction of sp³-hybridized carbons (Fsp3) is 0.917. The van der Waals surface area contributed by atoms with Gasteiger partial charge in [-0.2, -0.15) is 0 Å². The maximum atomic E-state index is 11.3. The minimum absolute atomic E-state index is 0.115. The van der Waals surface area contributed by atoms with Crippen molar-refractivity contribution in [2.24, 2.45) is 5.41 Å². The van der Waals surface area contributed by atoms with Gasteiger partial charge in [-0.15, -0.1) is 0 Å². The Bertz CT molecular complexity index is 207. The van der Waals surface area contributed by atoms with E-state index >= 15 is 0 Å². The number of hydrogen-bond acceptors (Lipinski definition) is 2. The summed E-state index contributed by atoms with van der Waals surface area (Å²) in [6, 6.07) is 0. The van der Waals surface area contributed by atoms with Crippen LogP contribution in [-0.2, 0) is 9.53 Å². The molecule has 0 saturated heterocycles. The van der Waals surface area contributed by atoms with Gasteiger partial charge in [-0.05, 0) is 32.6 Å². The Morgan fingerprint density at radius 3 is 2.40 bits per heavy atom. The van der Waals surface area contributed by atoms with Crippen LogP contribution in [0.25, 0.3) is 0 Å². The van der Waals surface area contributed by atoms with Crippen LogP contribution in [0.3, 0.4) is 0 Å². The standard InChI is InChI=1S/C12H22O3/c1-3-10(15-4-2)9-12(11(13)14)7-5-6-8-12/h10H,3-9H2,1-2H3,(H,13,14). The minimum Gasteiger partial charge on any atom is -0.481 e. The lowest BCUT2D eigenvalue weighted by Gasteiger charge is -2.28. The van der Waals surface area contributed by atoms with E-state index in [9.17, 15) is 9.90 Å². The molecule has 1 rings (SSSR count). The maximum Gasteiger partial charge on any atom is 0.309 e. The molecule has 0 spiro atoms. The lowest BCUT2D eigenvalue weighted by molar-refractivity contribution is -0.151. The van der Waals surface area contributed by atoms with Gasteiger partial charge in [-0.1, -0.05) is 19.8 Å². The molecule has 1 unspecified atom stereocenters. The molecule has 1 atom stereocenters. The summed E-state index contributed by atoms with van der Waals surface area (Å²) < 4.78 is 5.56. The molecule has 1 aliphatic rings. The Balaban J connectivity index is 2.61. The summed E-state index contributed by atoms with van der Waals surface area (Å²) in [6.45, 7) is 4.70. The highest BCUT2D eigenvalue weighted by Crippen LogP contribution is 2.43. The van der Waals surface area contributed by atoms with Crippen molar-refractivity contribution < 1.29 is 14.6 Å². The monoisotopic (exact) mass is 214 g/mol. The van der Waals surface area contributed by atoms with Crippen molar-refractivity contribution in [2.75, 3.05) is 6.61 Å². The Labute approximate surface area is 91.8 Å². The molecule has 0 bridgehead atoms. The van der Waals surface area contributed by atoms with Crippen molar-refractivity contribution >= 4 is 5.97 Å². The zero-order chi connectivity index (χ0) is 11.3. The smallest absolute Gasteiger partial charge is 0.309 e. The molecule has 1 N–H and O–H groups in total. The van der Waals surface area contributed by atoms with Crippen molar-refractivity contribution in [1.29, 1.82) is 0 Å². The van der Waals surface area contributed by atoms with E-state index in [-0.39, 0.29) is 6.10 Å². The van der Waals surface area contributed by atoms with Gasteiger partial charge in [0.15, 0.2) is 0 Å². The number of carbonyl (C=O) groups is 1. The van der Waals surface area contributed by atoms with E-state index in [1.807, 2.05) is 6.92 Å². The maximum absolute atomic E-state index is 11.3. The van der Waals surface area contributed by atoms with Crippen LogP contribution in [0.1, 0.15) is 52.4 Å². The molecule has 0 aromatic heterocycles. The second-order valence-electron chi connectivity index (χ2n) is 4.48. The van der Waals surface area contributed by atoms with Gasteiger partial charge in [0.1, 0.15) is 0 Å². The molecule has 0 aliphatic heterocycles. The predicted molar refractivity (Wildman–Crippen MR) is 58.9 cm³/mol. The van der Waals surface area contributed by atoms with Crippen molar-refractivity contribution in [3.63, 3.8) is 0 Å². The fourth-order valence-electron chi connectivity index (χ4n) is 2.55. The molecule has 0 aromatic carbocycles. The molecule has 0 amide bonds. The molecule has 0 radical (unpaired) electrons. The quantitative estimate of drug-likeness (QED) is 0.739. The number of rotatable bonds is 6. The second kappa shape index (κ2) is 5.50. The van der Waals surface area contributed by atoms with E-state index in [4.69, 9.17) is 4.74 Å². The molecule has 3 heteroatoms. The number of aliphatic carboxylic acids is 1. The average Bonchev–Trinajstić information content (AvgIpc) is 2.67. The zero-order valence-corrected chi connectivity index (χ0v) is 9.79. The third-order valence-electron chi connectivity index (χ3n) is 3.49. The second-order valence-corrected chi connectivity index (χ2v) is 4.48. The largest absolute Gasteiger partial charge is 0.481 e. The molecule has 0 heterocycles. The summed E-state index contributed by atoms with van der Waals surface area (Å²) in [5, 5.41) is 9.32. The third-order valence-corrected chi connectivity index (χ3v) is 3.49. The van der Waals surface area contributed by atoms with Gasteiger partial charge in [-0.3, -0.25) is 4.79 Å². The van der Waals surface area contributed by atoms with Gasteiger partial charge < -0.3 is 9.84 Å². The van der Waals surface area contributed by atoms with Gasteiger partial charge in [-0.25, -0.2) is 0 Å². The Morgan fingerprint density at radius 2 is 2.00 bits per heavy atom. The summed E-state index contributed by atoms with van der Waals surface area (Å²) in [6.07, 6.45) is 5.46. The Kier molecular flexibility index (Phi) is 4.58. The van der Waals surface area contributed by atoms with E-state index < -0.39 is 11.4 Å². The van der Waals surface area contributed by atoms with Crippen molar-refractivity contribution in [1.82, 2.24) is 0 Å². The van der Waals surface area contributed by atoms with E-state index in [0.29, 0.717) is 13.0 Å². The van der Waals surface area contributed by atoms with Crippen LogP contribution in [0.4, 0.5) is 0 Å². The van der Waals surface area contributed by atoms with Crippen LogP contribution >= 0.6 is 0 Å². The minimum atomic E-state index is -0.627. The normalized spacial score (nSPS) is 21.5. The summed E-state index contributed by atoms with van der Waals surface area (Å²) in [5.74, 6) is -0.627. The van der Waals surface area contributed by atoms with E-state index in [0.717, 1.165) is 32.1 Å². The molecule has 1 fully saturated rings. The molecule has 88 valence electrons. The highest BCUT2D eigenvalue weighted by atomic mass is 16.5. The number of carboxylic acid groups (broad SMARTS) is 1. The highest BCUT2D eigenvalue weighted by molar-refractivity contribution is 5.75. The van der Waals surface area contributed by atoms with Crippen LogP contribution in [0, 0.1) is 5.41 Å². The average molecular weight is 214 g/mol.